The molecule has 6 heteroatoms. The van der Waals surface area contributed by atoms with E-state index in [1.807, 2.05) is 0 Å². The lowest BCUT2D eigenvalue weighted by Gasteiger charge is -2.23. The normalized spacial score (nSPS) is 16.3. The summed E-state index contributed by atoms with van der Waals surface area (Å²) in [5.41, 5.74) is 0.394. The molecule has 0 unspecified atom stereocenters. The Morgan fingerprint density at radius 2 is 2.11 bits per heavy atom. The van der Waals surface area contributed by atoms with E-state index in [4.69, 9.17) is 11.6 Å². The SMILES string of the molecule is C/C(=C\c1ncccn1)C(=O)N1CCC=C(Cl)C1=O. The van der Waals surface area contributed by atoms with Crippen molar-refractivity contribution in [1.29, 1.82) is 0 Å². The zero-order valence-corrected chi connectivity index (χ0v) is 11.1. The van der Waals surface area contributed by atoms with Crippen molar-refractivity contribution in [2.75, 3.05) is 6.54 Å². The van der Waals surface area contributed by atoms with Crippen LogP contribution in [0.15, 0.2) is 35.1 Å². The largest absolute Gasteiger partial charge is 0.274 e. The first kappa shape index (κ1) is 13.4. The van der Waals surface area contributed by atoms with Crippen molar-refractivity contribution in [3.63, 3.8) is 0 Å². The van der Waals surface area contributed by atoms with Crippen LogP contribution < -0.4 is 0 Å². The number of nitrogens with zero attached hydrogens (tertiary/aromatic N) is 3. The third-order valence-electron chi connectivity index (χ3n) is 2.64. The van der Waals surface area contributed by atoms with Crippen molar-refractivity contribution in [2.24, 2.45) is 0 Å². The highest BCUT2D eigenvalue weighted by Gasteiger charge is 2.27. The van der Waals surface area contributed by atoms with Gasteiger partial charge >= 0.3 is 0 Å². The molecular weight excluding hydrogens is 266 g/mol. The predicted molar refractivity (Wildman–Crippen MR) is 71.0 cm³/mol. The average Bonchev–Trinajstić information content (AvgIpc) is 2.42. The van der Waals surface area contributed by atoms with E-state index in [2.05, 4.69) is 9.97 Å². The lowest BCUT2D eigenvalue weighted by Crippen LogP contribution is -2.40. The fraction of sp³-hybridized carbons (Fsp3) is 0.231. The van der Waals surface area contributed by atoms with Crippen LogP contribution in [-0.2, 0) is 9.59 Å². The fourth-order valence-electron chi connectivity index (χ4n) is 1.69. The number of imide groups is 1. The van der Waals surface area contributed by atoms with E-state index in [0.717, 1.165) is 4.90 Å². The van der Waals surface area contributed by atoms with Gasteiger partial charge in [0.25, 0.3) is 11.8 Å². The minimum atomic E-state index is -0.459. The summed E-state index contributed by atoms with van der Waals surface area (Å²) in [6.45, 7) is 1.97. The van der Waals surface area contributed by atoms with Crippen LogP contribution >= 0.6 is 11.6 Å². The van der Waals surface area contributed by atoms with Crippen molar-refractivity contribution in [1.82, 2.24) is 14.9 Å². The van der Waals surface area contributed by atoms with Gasteiger partial charge in [-0.05, 0) is 25.5 Å². The summed E-state index contributed by atoms with van der Waals surface area (Å²) in [6, 6.07) is 1.69. The van der Waals surface area contributed by atoms with E-state index < -0.39 is 5.91 Å². The molecule has 0 saturated carbocycles. The number of hydrogen-bond acceptors (Lipinski definition) is 4. The third kappa shape index (κ3) is 3.06. The zero-order chi connectivity index (χ0) is 13.8. The molecule has 2 amide bonds. The molecule has 2 rings (SSSR count). The molecular formula is C13H12ClN3O2. The van der Waals surface area contributed by atoms with E-state index in [9.17, 15) is 9.59 Å². The Bertz CT molecular complexity index is 567. The molecule has 0 atom stereocenters. The van der Waals surface area contributed by atoms with Crippen LogP contribution in [0.4, 0.5) is 0 Å². The molecule has 0 aliphatic carbocycles. The first-order valence-electron chi connectivity index (χ1n) is 5.77. The highest BCUT2D eigenvalue weighted by molar-refractivity contribution is 6.43. The quantitative estimate of drug-likeness (QED) is 0.773. The van der Waals surface area contributed by atoms with Gasteiger partial charge in [0.2, 0.25) is 0 Å². The van der Waals surface area contributed by atoms with Crippen LogP contribution in [0.3, 0.4) is 0 Å². The van der Waals surface area contributed by atoms with Gasteiger partial charge in [-0.2, -0.15) is 0 Å². The molecule has 0 bridgehead atoms. The number of halogens is 1. The summed E-state index contributed by atoms with van der Waals surface area (Å²) in [5.74, 6) is -0.400. The smallest absolute Gasteiger partial charge is 0.271 e. The second kappa shape index (κ2) is 5.75. The Balaban J connectivity index is 2.18. The Morgan fingerprint density at radius 3 is 2.79 bits per heavy atom. The van der Waals surface area contributed by atoms with Gasteiger partial charge in [-0.3, -0.25) is 14.5 Å². The van der Waals surface area contributed by atoms with Crippen molar-refractivity contribution in [3.8, 4) is 0 Å². The molecule has 0 N–H and O–H groups in total. The summed E-state index contributed by atoms with van der Waals surface area (Å²) >= 11 is 5.74. The Kier molecular flexibility index (Phi) is 4.06. The van der Waals surface area contributed by atoms with E-state index in [1.165, 1.54) is 0 Å². The van der Waals surface area contributed by atoms with Crippen molar-refractivity contribution in [2.45, 2.75) is 13.3 Å². The van der Waals surface area contributed by atoms with Crippen molar-refractivity contribution < 1.29 is 9.59 Å². The Morgan fingerprint density at radius 1 is 1.42 bits per heavy atom. The molecule has 19 heavy (non-hydrogen) atoms. The van der Waals surface area contributed by atoms with Gasteiger partial charge in [-0.25, -0.2) is 9.97 Å². The highest BCUT2D eigenvalue weighted by Crippen LogP contribution is 2.17. The van der Waals surface area contributed by atoms with Crippen LogP contribution in [0.25, 0.3) is 6.08 Å². The molecule has 1 aromatic heterocycles. The summed E-state index contributed by atoms with van der Waals surface area (Å²) in [6.07, 6.45) is 6.91. The first-order chi connectivity index (χ1) is 9.09. The number of rotatable bonds is 2. The second-order valence-electron chi connectivity index (χ2n) is 4.04. The van der Waals surface area contributed by atoms with Crippen molar-refractivity contribution in [3.05, 3.63) is 41.0 Å². The van der Waals surface area contributed by atoms with Gasteiger partial charge in [0.1, 0.15) is 5.03 Å². The van der Waals surface area contributed by atoms with Crippen LogP contribution in [0.2, 0.25) is 0 Å². The monoisotopic (exact) mass is 277 g/mol. The zero-order valence-electron chi connectivity index (χ0n) is 10.3. The molecule has 0 saturated heterocycles. The van der Waals surface area contributed by atoms with Crippen LogP contribution in [0.1, 0.15) is 19.2 Å². The number of carbonyl (C=O) groups is 2. The standard InChI is InChI=1S/C13H12ClN3O2/c1-9(8-11-15-5-3-6-16-11)12(18)17-7-2-4-10(14)13(17)19/h3-6,8H,2,7H2,1H3/b9-8+. The Hall–Kier alpha value is -2.01. The molecule has 0 aromatic carbocycles. The maximum atomic E-state index is 12.2. The van der Waals surface area contributed by atoms with E-state index in [-0.39, 0.29) is 10.9 Å². The summed E-state index contributed by atoms with van der Waals surface area (Å²) in [7, 11) is 0. The molecule has 2 heterocycles. The lowest BCUT2D eigenvalue weighted by atomic mass is 10.2. The number of amides is 2. The summed E-state index contributed by atoms with van der Waals surface area (Å²) < 4.78 is 0. The van der Waals surface area contributed by atoms with Crippen LogP contribution in [0, 0.1) is 0 Å². The maximum Gasteiger partial charge on any atom is 0.271 e. The van der Waals surface area contributed by atoms with Crippen molar-refractivity contribution >= 4 is 29.5 Å². The minimum Gasteiger partial charge on any atom is -0.274 e. The molecule has 98 valence electrons. The first-order valence-corrected chi connectivity index (χ1v) is 6.14. The fourth-order valence-corrected chi connectivity index (χ4v) is 1.90. The molecule has 5 nitrogen and oxygen atoms in total. The highest BCUT2D eigenvalue weighted by atomic mass is 35.5. The van der Waals surface area contributed by atoms with Crippen LogP contribution in [-0.4, -0.2) is 33.2 Å². The maximum absolute atomic E-state index is 12.2. The molecule has 1 aliphatic heterocycles. The Labute approximate surface area is 115 Å². The topological polar surface area (TPSA) is 63.2 Å². The molecule has 1 aliphatic rings. The van der Waals surface area contributed by atoms with Gasteiger partial charge in [0.05, 0.1) is 0 Å². The molecule has 1 aromatic rings. The van der Waals surface area contributed by atoms with E-state index in [0.29, 0.717) is 24.4 Å². The second-order valence-corrected chi connectivity index (χ2v) is 4.44. The lowest BCUT2D eigenvalue weighted by molar-refractivity contribution is -0.139. The average molecular weight is 278 g/mol. The van der Waals surface area contributed by atoms with Gasteiger partial charge in [0, 0.05) is 24.5 Å². The van der Waals surface area contributed by atoms with Gasteiger partial charge in [-0.1, -0.05) is 17.7 Å². The number of aromatic nitrogens is 2. The van der Waals surface area contributed by atoms with E-state index in [1.54, 1.807) is 37.5 Å². The molecule has 0 fully saturated rings. The van der Waals surface area contributed by atoms with Gasteiger partial charge in [-0.15, -0.1) is 0 Å². The van der Waals surface area contributed by atoms with Gasteiger partial charge < -0.3 is 0 Å². The van der Waals surface area contributed by atoms with Crippen LogP contribution in [0.5, 0.6) is 0 Å². The third-order valence-corrected chi connectivity index (χ3v) is 2.96. The number of hydrogen-bond donors (Lipinski definition) is 0. The molecule has 0 radical (unpaired) electrons. The van der Waals surface area contributed by atoms with Gasteiger partial charge in [0.15, 0.2) is 5.82 Å². The summed E-state index contributed by atoms with van der Waals surface area (Å²) in [5, 5.41) is 0.0864. The molecule has 0 spiro atoms. The predicted octanol–water partition coefficient (Wildman–Crippen LogP) is 1.76. The number of carbonyl (C=O) groups excluding carboxylic acids is 2. The minimum absolute atomic E-state index is 0.0864. The van der Waals surface area contributed by atoms with E-state index >= 15 is 0 Å². The summed E-state index contributed by atoms with van der Waals surface area (Å²) in [4.78, 5) is 33.1.